The molecule has 0 spiro atoms. The van der Waals surface area contributed by atoms with Crippen molar-refractivity contribution in [3.05, 3.63) is 47.4 Å². The topological polar surface area (TPSA) is 117 Å². The maximum Gasteiger partial charge on any atom is 0.303 e. The number of pyridine rings is 1. The highest BCUT2D eigenvalue weighted by atomic mass is 35.5. The number of ether oxygens (including phenoxy) is 3. The highest BCUT2D eigenvalue weighted by molar-refractivity contribution is 6.33. The summed E-state index contributed by atoms with van der Waals surface area (Å²) < 4.78 is 22.7. The van der Waals surface area contributed by atoms with Gasteiger partial charge in [0.15, 0.2) is 6.61 Å². The molecule has 0 radical (unpaired) electrons. The summed E-state index contributed by atoms with van der Waals surface area (Å²) in [6.45, 7) is 0.894. The van der Waals surface area contributed by atoms with E-state index in [2.05, 4.69) is 15.1 Å². The molecule has 2 heterocycles. The molecule has 1 aromatic carbocycles. The van der Waals surface area contributed by atoms with Gasteiger partial charge in [-0.2, -0.15) is 4.98 Å². The van der Waals surface area contributed by atoms with Crippen molar-refractivity contribution in [3.63, 3.8) is 0 Å². The van der Waals surface area contributed by atoms with Crippen molar-refractivity contribution in [3.8, 4) is 28.8 Å². The van der Waals surface area contributed by atoms with E-state index in [4.69, 9.17) is 35.4 Å². The van der Waals surface area contributed by atoms with Crippen LogP contribution in [0.25, 0.3) is 11.5 Å². The van der Waals surface area contributed by atoms with Crippen LogP contribution in [-0.2, 0) is 11.4 Å². The lowest BCUT2D eigenvalue weighted by atomic mass is 10.1. The molecule has 0 amide bonds. The zero-order valence-corrected chi connectivity index (χ0v) is 19.4. The van der Waals surface area contributed by atoms with E-state index in [1.165, 1.54) is 25.7 Å². The predicted octanol–water partition coefficient (Wildman–Crippen LogP) is 5.18. The Labute approximate surface area is 202 Å². The number of carboxylic acid groups (broad SMARTS) is 1. The van der Waals surface area contributed by atoms with E-state index in [1.807, 2.05) is 6.07 Å². The molecule has 1 aliphatic carbocycles. The maximum absolute atomic E-state index is 10.6. The maximum atomic E-state index is 10.6. The average Bonchev–Trinajstić information content (AvgIpc) is 3.53. The third-order valence-electron chi connectivity index (χ3n) is 5.48. The number of halogens is 1. The number of nitrogens with zero attached hydrogens (tertiary/aromatic N) is 3. The zero-order valence-electron chi connectivity index (χ0n) is 18.6. The summed E-state index contributed by atoms with van der Waals surface area (Å²) in [5, 5.41) is 13.0. The minimum absolute atomic E-state index is 0.0260. The Morgan fingerprint density at radius 1 is 1.12 bits per heavy atom. The normalized spacial score (nSPS) is 13.7. The summed E-state index contributed by atoms with van der Waals surface area (Å²) in [5.41, 5.74) is 0.633. The quantitative estimate of drug-likeness (QED) is 0.345. The molecule has 2 aromatic heterocycles. The van der Waals surface area contributed by atoms with Gasteiger partial charge in [-0.15, -0.1) is 0 Å². The van der Waals surface area contributed by atoms with Crippen LogP contribution in [0.3, 0.4) is 0 Å². The second kappa shape index (κ2) is 11.7. The number of carboxylic acids is 1. The second-order valence-corrected chi connectivity index (χ2v) is 8.41. The van der Waals surface area contributed by atoms with E-state index in [1.54, 1.807) is 30.5 Å². The van der Waals surface area contributed by atoms with Crippen molar-refractivity contribution >= 4 is 17.6 Å². The van der Waals surface area contributed by atoms with Gasteiger partial charge in [-0.25, -0.2) is 4.98 Å². The lowest BCUT2D eigenvalue weighted by molar-refractivity contribution is -0.137. The summed E-state index contributed by atoms with van der Waals surface area (Å²) in [6, 6.07) is 8.75. The second-order valence-electron chi connectivity index (χ2n) is 8.04. The first-order valence-electron chi connectivity index (χ1n) is 11.3. The number of aromatic nitrogens is 3. The van der Waals surface area contributed by atoms with Crippen LogP contribution in [0.5, 0.6) is 17.4 Å². The minimum atomic E-state index is -0.870. The van der Waals surface area contributed by atoms with Crippen LogP contribution in [0, 0.1) is 5.92 Å². The molecule has 0 bridgehead atoms. The van der Waals surface area contributed by atoms with Crippen molar-refractivity contribution in [1.82, 2.24) is 15.1 Å². The first kappa shape index (κ1) is 23.8. The van der Waals surface area contributed by atoms with Gasteiger partial charge in [0.25, 0.3) is 5.89 Å². The van der Waals surface area contributed by atoms with Crippen molar-refractivity contribution < 1.29 is 28.6 Å². The first-order chi connectivity index (χ1) is 16.6. The molecular weight excluding hydrogens is 462 g/mol. The molecule has 34 heavy (non-hydrogen) atoms. The van der Waals surface area contributed by atoms with Gasteiger partial charge in [0.2, 0.25) is 11.7 Å². The van der Waals surface area contributed by atoms with Gasteiger partial charge >= 0.3 is 5.97 Å². The minimum Gasteiger partial charge on any atom is -0.492 e. The third kappa shape index (κ3) is 6.38. The zero-order chi connectivity index (χ0) is 23.8. The molecule has 1 fully saturated rings. The molecule has 0 atom stereocenters. The van der Waals surface area contributed by atoms with Crippen LogP contribution < -0.4 is 14.2 Å². The molecule has 10 heteroatoms. The summed E-state index contributed by atoms with van der Waals surface area (Å²) in [4.78, 5) is 19.4. The lowest BCUT2D eigenvalue weighted by Crippen LogP contribution is -2.09. The molecule has 0 saturated heterocycles. The number of hydrogen-bond acceptors (Lipinski definition) is 8. The van der Waals surface area contributed by atoms with Gasteiger partial charge in [0, 0.05) is 12.6 Å². The van der Waals surface area contributed by atoms with E-state index >= 15 is 0 Å². The lowest BCUT2D eigenvalue weighted by Gasteiger charge is -2.12. The van der Waals surface area contributed by atoms with E-state index < -0.39 is 5.97 Å². The largest absolute Gasteiger partial charge is 0.492 e. The van der Waals surface area contributed by atoms with Crippen molar-refractivity contribution in [1.29, 1.82) is 0 Å². The number of carbonyl (C=O) groups is 1. The SMILES string of the molecule is O=C(O)CCCOc1cccc(OCc2noc(-c3cccnc3OCC3CCCC3)n2)c1Cl. The van der Waals surface area contributed by atoms with Gasteiger partial charge in [-0.3, -0.25) is 4.79 Å². The summed E-state index contributed by atoms with van der Waals surface area (Å²) >= 11 is 6.37. The Morgan fingerprint density at radius 3 is 2.71 bits per heavy atom. The highest BCUT2D eigenvalue weighted by Crippen LogP contribution is 2.34. The molecule has 1 N–H and O–H groups in total. The van der Waals surface area contributed by atoms with Crippen LogP contribution >= 0.6 is 11.6 Å². The van der Waals surface area contributed by atoms with Crippen molar-refractivity contribution in [2.75, 3.05) is 13.2 Å². The molecule has 0 aliphatic heterocycles. The predicted molar refractivity (Wildman–Crippen MR) is 123 cm³/mol. The molecule has 3 aromatic rings. The summed E-state index contributed by atoms with van der Waals surface area (Å²) in [7, 11) is 0. The Balaban J connectivity index is 1.36. The van der Waals surface area contributed by atoms with Crippen LogP contribution in [0.4, 0.5) is 0 Å². The van der Waals surface area contributed by atoms with Gasteiger partial charge in [-0.1, -0.05) is 35.7 Å². The van der Waals surface area contributed by atoms with Crippen LogP contribution in [0.2, 0.25) is 5.02 Å². The number of rotatable bonds is 12. The fraction of sp³-hybridized carbons (Fsp3) is 0.417. The monoisotopic (exact) mass is 487 g/mol. The van der Waals surface area contributed by atoms with E-state index in [0.717, 1.165) is 0 Å². The Kier molecular flexibility index (Phi) is 8.19. The average molecular weight is 488 g/mol. The summed E-state index contributed by atoms with van der Waals surface area (Å²) in [5.74, 6) is 1.61. The fourth-order valence-electron chi connectivity index (χ4n) is 3.73. The van der Waals surface area contributed by atoms with Crippen LogP contribution in [0.1, 0.15) is 44.3 Å². The molecule has 180 valence electrons. The first-order valence-corrected chi connectivity index (χ1v) is 11.6. The highest BCUT2D eigenvalue weighted by Gasteiger charge is 2.19. The molecular formula is C24H26ClN3O6. The van der Waals surface area contributed by atoms with Gasteiger partial charge in [-0.05, 0) is 49.4 Å². The van der Waals surface area contributed by atoms with Gasteiger partial charge in [0.05, 0.1) is 13.2 Å². The molecule has 9 nitrogen and oxygen atoms in total. The number of hydrogen-bond donors (Lipinski definition) is 1. The standard InChI is InChI=1S/C24H26ClN3O6/c25-22-18(31-13-5-11-21(29)30)9-3-10-19(22)32-15-20-27-24(34-28-20)17-8-4-12-26-23(17)33-14-16-6-1-2-7-16/h3-4,8-10,12,16H,1-2,5-7,11,13-15H2,(H,29,30). The third-order valence-corrected chi connectivity index (χ3v) is 5.85. The number of benzene rings is 1. The smallest absolute Gasteiger partial charge is 0.303 e. The van der Waals surface area contributed by atoms with Crippen molar-refractivity contribution in [2.45, 2.75) is 45.1 Å². The van der Waals surface area contributed by atoms with Crippen LogP contribution in [-0.4, -0.2) is 39.4 Å². The molecule has 0 unspecified atom stereocenters. The number of aliphatic carboxylic acids is 1. The van der Waals surface area contributed by atoms with Gasteiger partial charge < -0.3 is 23.8 Å². The van der Waals surface area contributed by atoms with Gasteiger partial charge in [0.1, 0.15) is 22.1 Å². The molecule has 4 rings (SSSR count). The van der Waals surface area contributed by atoms with Crippen molar-refractivity contribution in [2.24, 2.45) is 5.92 Å². The summed E-state index contributed by atoms with van der Waals surface area (Å²) in [6.07, 6.45) is 6.94. The fourth-order valence-corrected chi connectivity index (χ4v) is 3.96. The Bertz CT molecular complexity index is 1100. The van der Waals surface area contributed by atoms with E-state index in [0.29, 0.717) is 53.6 Å². The van der Waals surface area contributed by atoms with Crippen LogP contribution in [0.15, 0.2) is 41.1 Å². The molecule has 1 saturated carbocycles. The molecule has 1 aliphatic rings. The Hall–Kier alpha value is -3.33. The van der Waals surface area contributed by atoms with E-state index in [9.17, 15) is 4.79 Å². The Morgan fingerprint density at radius 2 is 1.91 bits per heavy atom. The van der Waals surface area contributed by atoms with E-state index in [-0.39, 0.29) is 24.7 Å².